The number of nitrogens with zero attached hydrogens (tertiary/aromatic N) is 1. The summed E-state index contributed by atoms with van der Waals surface area (Å²) in [5.41, 5.74) is 5.75. The van der Waals surface area contributed by atoms with E-state index in [1.54, 1.807) is 0 Å². The fourth-order valence-corrected chi connectivity index (χ4v) is 2.00. The first-order valence-electron chi connectivity index (χ1n) is 5.32. The topological polar surface area (TPSA) is 29.3 Å². The molecule has 1 atom stereocenters. The summed E-state index contributed by atoms with van der Waals surface area (Å²) in [4.78, 5) is 2.57. The molecule has 1 unspecified atom stereocenters. The fourth-order valence-electron chi connectivity index (χ4n) is 2.00. The Morgan fingerprint density at radius 3 is 2.50 bits per heavy atom. The normalized spacial score (nSPS) is 21.5. The quantitative estimate of drug-likeness (QED) is 0.679. The number of hydrogen-bond acceptors (Lipinski definition) is 2. The van der Waals surface area contributed by atoms with Gasteiger partial charge < -0.3 is 5.73 Å². The Balaban J connectivity index is 2.22. The van der Waals surface area contributed by atoms with Crippen LogP contribution in [0.15, 0.2) is 0 Å². The van der Waals surface area contributed by atoms with E-state index in [0.717, 1.165) is 6.54 Å². The highest BCUT2D eigenvalue weighted by Gasteiger charge is 2.19. The molecule has 0 spiro atoms. The maximum absolute atomic E-state index is 5.75. The summed E-state index contributed by atoms with van der Waals surface area (Å²) in [5, 5.41) is 0. The maximum atomic E-state index is 5.75. The maximum Gasteiger partial charge on any atom is 0.0218 e. The molecule has 0 aromatic rings. The van der Waals surface area contributed by atoms with Gasteiger partial charge in [0.2, 0.25) is 0 Å². The third-order valence-corrected chi connectivity index (χ3v) is 2.82. The van der Waals surface area contributed by atoms with Crippen molar-refractivity contribution in [3.05, 3.63) is 0 Å². The summed E-state index contributed by atoms with van der Waals surface area (Å²) in [7, 11) is 0. The molecule has 0 aliphatic carbocycles. The summed E-state index contributed by atoms with van der Waals surface area (Å²) in [6.07, 6.45) is 6.68. The molecule has 1 aliphatic heterocycles. The van der Waals surface area contributed by atoms with E-state index in [4.69, 9.17) is 5.73 Å². The molecule has 1 heterocycles. The monoisotopic (exact) mass is 170 g/mol. The van der Waals surface area contributed by atoms with Crippen LogP contribution in [0.2, 0.25) is 0 Å². The molecule has 12 heavy (non-hydrogen) atoms. The van der Waals surface area contributed by atoms with Gasteiger partial charge in [0.25, 0.3) is 0 Å². The standard InChI is InChI=1S/C10H22N2/c1-2-3-6-10(9-11)12-7-4-5-8-12/h10H,2-9,11H2,1H3. The minimum Gasteiger partial charge on any atom is -0.329 e. The van der Waals surface area contributed by atoms with E-state index in [0.29, 0.717) is 6.04 Å². The van der Waals surface area contributed by atoms with Crippen LogP contribution in [0, 0.1) is 0 Å². The van der Waals surface area contributed by atoms with Crippen molar-refractivity contribution in [1.82, 2.24) is 4.90 Å². The van der Waals surface area contributed by atoms with Crippen LogP contribution < -0.4 is 5.73 Å². The van der Waals surface area contributed by atoms with E-state index in [1.807, 2.05) is 0 Å². The van der Waals surface area contributed by atoms with Gasteiger partial charge in [0.15, 0.2) is 0 Å². The average molecular weight is 170 g/mol. The smallest absolute Gasteiger partial charge is 0.0218 e. The molecule has 2 nitrogen and oxygen atoms in total. The lowest BCUT2D eigenvalue weighted by atomic mass is 10.1. The van der Waals surface area contributed by atoms with Gasteiger partial charge in [-0.05, 0) is 32.4 Å². The van der Waals surface area contributed by atoms with Crippen LogP contribution in [0.3, 0.4) is 0 Å². The second-order valence-electron chi connectivity index (χ2n) is 3.77. The first-order valence-corrected chi connectivity index (χ1v) is 5.32. The van der Waals surface area contributed by atoms with Crippen LogP contribution in [0.1, 0.15) is 39.0 Å². The van der Waals surface area contributed by atoms with Gasteiger partial charge in [-0.25, -0.2) is 0 Å². The van der Waals surface area contributed by atoms with E-state index in [1.165, 1.54) is 45.2 Å². The minimum absolute atomic E-state index is 0.674. The van der Waals surface area contributed by atoms with E-state index in [-0.39, 0.29) is 0 Å². The summed E-state index contributed by atoms with van der Waals surface area (Å²) < 4.78 is 0. The molecule has 0 radical (unpaired) electrons. The Labute approximate surface area is 76.1 Å². The Hall–Kier alpha value is -0.0800. The van der Waals surface area contributed by atoms with Crippen molar-refractivity contribution in [2.45, 2.75) is 45.1 Å². The molecule has 2 N–H and O–H groups in total. The van der Waals surface area contributed by atoms with Gasteiger partial charge in [0.05, 0.1) is 0 Å². The van der Waals surface area contributed by atoms with Crippen LogP contribution >= 0.6 is 0 Å². The molecule has 0 bridgehead atoms. The van der Waals surface area contributed by atoms with Gasteiger partial charge in [-0.3, -0.25) is 4.90 Å². The molecule has 1 fully saturated rings. The lowest BCUT2D eigenvalue weighted by Gasteiger charge is -2.25. The largest absolute Gasteiger partial charge is 0.329 e. The van der Waals surface area contributed by atoms with Crippen LogP contribution in [0.4, 0.5) is 0 Å². The fraction of sp³-hybridized carbons (Fsp3) is 1.00. The van der Waals surface area contributed by atoms with Gasteiger partial charge in [0, 0.05) is 12.6 Å². The predicted molar refractivity (Wildman–Crippen MR) is 53.2 cm³/mol. The van der Waals surface area contributed by atoms with Gasteiger partial charge in [-0.15, -0.1) is 0 Å². The number of likely N-dealkylation sites (tertiary alicyclic amines) is 1. The first kappa shape index (κ1) is 10.0. The van der Waals surface area contributed by atoms with Gasteiger partial charge in [-0.1, -0.05) is 19.8 Å². The summed E-state index contributed by atoms with van der Waals surface area (Å²) >= 11 is 0. The van der Waals surface area contributed by atoms with Gasteiger partial charge in [-0.2, -0.15) is 0 Å². The molecular formula is C10H22N2. The average Bonchev–Trinajstić information content (AvgIpc) is 2.59. The summed E-state index contributed by atoms with van der Waals surface area (Å²) in [5.74, 6) is 0. The predicted octanol–water partition coefficient (Wildman–Crippen LogP) is 1.60. The second-order valence-corrected chi connectivity index (χ2v) is 3.77. The molecule has 72 valence electrons. The Bertz CT molecular complexity index is 108. The Morgan fingerprint density at radius 2 is 2.00 bits per heavy atom. The highest BCUT2D eigenvalue weighted by Crippen LogP contribution is 2.15. The molecule has 0 aromatic carbocycles. The Kier molecular flexibility index (Phi) is 4.62. The van der Waals surface area contributed by atoms with Crippen molar-refractivity contribution in [3.8, 4) is 0 Å². The molecule has 1 saturated heterocycles. The van der Waals surface area contributed by atoms with E-state index in [9.17, 15) is 0 Å². The molecule has 1 aliphatic rings. The van der Waals surface area contributed by atoms with Crippen molar-refractivity contribution in [1.29, 1.82) is 0 Å². The molecule has 0 aromatic heterocycles. The van der Waals surface area contributed by atoms with Crippen molar-refractivity contribution in [3.63, 3.8) is 0 Å². The molecule has 2 heteroatoms. The highest BCUT2D eigenvalue weighted by molar-refractivity contribution is 4.76. The summed E-state index contributed by atoms with van der Waals surface area (Å²) in [6, 6.07) is 0.674. The lowest BCUT2D eigenvalue weighted by Crippen LogP contribution is -2.38. The minimum atomic E-state index is 0.674. The van der Waals surface area contributed by atoms with Crippen molar-refractivity contribution in [2.75, 3.05) is 19.6 Å². The lowest BCUT2D eigenvalue weighted by molar-refractivity contribution is 0.232. The Morgan fingerprint density at radius 1 is 1.33 bits per heavy atom. The number of rotatable bonds is 5. The zero-order chi connectivity index (χ0) is 8.81. The number of unbranched alkanes of at least 4 members (excludes halogenated alkanes) is 1. The van der Waals surface area contributed by atoms with Crippen molar-refractivity contribution in [2.24, 2.45) is 5.73 Å². The third-order valence-electron chi connectivity index (χ3n) is 2.82. The van der Waals surface area contributed by atoms with Crippen molar-refractivity contribution < 1.29 is 0 Å². The van der Waals surface area contributed by atoms with E-state index in [2.05, 4.69) is 11.8 Å². The first-order chi connectivity index (χ1) is 5.88. The zero-order valence-corrected chi connectivity index (χ0v) is 8.26. The number of nitrogens with two attached hydrogens (primary N) is 1. The zero-order valence-electron chi connectivity index (χ0n) is 8.26. The van der Waals surface area contributed by atoms with E-state index < -0.39 is 0 Å². The van der Waals surface area contributed by atoms with Crippen molar-refractivity contribution >= 4 is 0 Å². The molecule has 0 saturated carbocycles. The molecule has 0 amide bonds. The summed E-state index contributed by atoms with van der Waals surface area (Å²) in [6.45, 7) is 5.66. The van der Waals surface area contributed by atoms with Gasteiger partial charge >= 0.3 is 0 Å². The highest BCUT2D eigenvalue weighted by atomic mass is 15.2. The van der Waals surface area contributed by atoms with E-state index >= 15 is 0 Å². The van der Waals surface area contributed by atoms with Gasteiger partial charge in [0.1, 0.15) is 0 Å². The number of hydrogen-bond donors (Lipinski definition) is 1. The van der Waals surface area contributed by atoms with Crippen LogP contribution in [0.25, 0.3) is 0 Å². The second kappa shape index (κ2) is 5.55. The van der Waals surface area contributed by atoms with Crippen LogP contribution in [-0.2, 0) is 0 Å². The van der Waals surface area contributed by atoms with Crippen LogP contribution in [-0.4, -0.2) is 30.6 Å². The van der Waals surface area contributed by atoms with Crippen LogP contribution in [0.5, 0.6) is 0 Å². The third kappa shape index (κ3) is 2.76. The molecule has 1 rings (SSSR count). The SMILES string of the molecule is CCCCC(CN)N1CCCC1. The molecular weight excluding hydrogens is 148 g/mol.